The van der Waals surface area contributed by atoms with Crippen LogP contribution in [-0.4, -0.2) is 12.6 Å². The van der Waals surface area contributed by atoms with Gasteiger partial charge < -0.3 is 9.47 Å². The molecule has 0 bridgehead atoms. The lowest BCUT2D eigenvalue weighted by molar-refractivity contribution is -0.136. The van der Waals surface area contributed by atoms with Gasteiger partial charge in [-0.1, -0.05) is 34.1 Å². The van der Waals surface area contributed by atoms with Crippen molar-refractivity contribution in [3.63, 3.8) is 0 Å². The molecule has 0 aromatic heterocycles. The quantitative estimate of drug-likeness (QED) is 0.0812. The molecule has 34 heavy (non-hydrogen) atoms. The molecule has 1 atom stereocenters. The first-order valence-electron chi connectivity index (χ1n) is 10.0. The molecule has 0 spiro atoms. The van der Waals surface area contributed by atoms with E-state index >= 15 is 0 Å². The maximum atomic E-state index is 12.4. The number of rotatable bonds is 7. The lowest BCUT2D eigenvalue weighted by Gasteiger charge is -2.11. The van der Waals surface area contributed by atoms with Crippen LogP contribution in [-0.2, 0) is 15.7 Å². The number of carbonyl (C=O) groups excluding carboxylic acids is 1. The summed E-state index contributed by atoms with van der Waals surface area (Å²) in [5, 5.41) is 0. The Morgan fingerprint density at radius 1 is 0.765 bits per heavy atom. The Hall–Kier alpha value is -0.830. The van der Waals surface area contributed by atoms with Crippen molar-refractivity contribution in [2.24, 2.45) is 0 Å². The van der Waals surface area contributed by atoms with Gasteiger partial charge in [0, 0.05) is 8.04 Å². The molecule has 0 heterocycles. The van der Waals surface area contributed by atoms with Crippen LogP contribution in [0.15, 0.2) is 110 Å². The summed E-state index contributed by atoms with van der Waals surface area (Å²) in [5.74, 6) is 0.770. The molecule has 4 aromatic carbocycles. The second-order valence-corrected chi connectivity index (χ2v) is 13.5. The third-order valence-corrected chi connectivity index (χ3v) is 9.61. The Labute approximate surface area is 250 Å². The summed E-state index contributed by atoms with van der Waals surface area (Å²) in [6, 6.07) is 30.8. The van der Waals surface area contributed by atoms with Crippen molar-refractivity contribution in [1.82, 2.24) is 0 Å². The molecule has 0 saturated carbocycles. The number of ether oxygens (including phenoxy) is 2. The molecule has 0 radical (unpaired) electrons. The third kappa shape index (κ3) is 6.89. The molecular weight excluding hydrogens is 853 g/mol. The van der Waals surface area contributed by atoms with Crippen LogP contribution >= 0.6 is 83.7 Å². The van der Waals surface area contributed by atoms with Gasteiger partial charge >= 0.3 is 5.97 Å². The summed E-state index contributed by atoms with van der Waals surface area (Å²) in [6.45, 7) is -0.158. The largest absolute Gasteiger partial charge is 0.482 e. The molecule has 0 fully saturated rings. The average molecular weight is 870 g/mol. The Bertz CT molecular complexity index is 1260. The van der Waals surface area contributed by atoms with Gasteiger partial charge in [0.1, 0.15) is 5.75 Å². The normalized spacial score (nSPS) is 11.6. The molecule has 0 aliphatic rings. The van der Waals surface area contributed by atoms with E-state index in [1.165, 1.54) is 14.7 Å². The van der Waals surface area contributed by atoms with Crippen molar-refractivity contribution in [3.05, 3.63) is 106 Å². The zero-order valence-corrected chi connectivity index (χ0v) is 26.4. The Morgan fingerprint density at radius 2 is 1.29 bits per heavy atom. The minimum Gasteiger partial charge on any atom is -0.482 e. The van der Waals surface area contributed by atoms with E-state index in [-0.39, 0.29) is 17.5 Å². The molecule has 0 N–H and O–H groups in total. The van der Waals surface area contributed by atoms with Gasteiger partial charge in [0.2, 0.25) is 0 Å². The van der Waals surface area contributed by atoms with Crippen LogP contribution in [0.1, 0.15) is 0 Å². The van der Waals surface area contributed by atoms with Gasteiger partial charge in [-0.2, -0.15) is 0 Å². The highest BCUT2D eigenvalue weighted by atomic mass is 127. The van der Waals surface area contributed by atoms with Gasteiger partial charge in [-0.25, -0.2) is 4.79 Å². The van der Waals surface area contributed by atoms with E-state index in [4.69, 9.17) is 9.47 Å². The molecule has 0 amide bonds. The fourth-order valence-corrected chi connectivity index (χ4v) is 9.25. The number of halogens is 4. The van der Waals surface area contributed by atoms with Crippen LogP contribution < -0.4 is 9.47 Å². The minimum atomic E-state index is -0.431. The molecule has 4 rings (SSSR count). The minimum absolute atomic E-state index is 0.158. The van der Waals surface area contributed by atoms with Crippen LogP contribution in [0.2, 0.25) is 0 Å². The maximum Gasteiger partial charge on any atom is 0.349 e. The van der Waals surface area contributed by atoms with Crippen LogP contribution in [0, 0.1) is 10.7 Å². The Kier molecular flexibility index (Phi) is 9.58. The van der Waals surface area contributed by atoms with Gasteiger partial charge in [0.15, 0.2) is 27.0 Å². The van der Waals surface area contributed by atoms with Crippen LogP contribution in [0.25, 0.3) is 0 Å². The van der Waals surface area contributed by atoms with E-state index in [9.17, 15) is 4.79 Å². The molecule has 4 aromatic rings. The molecule has 0 saturated heterocycles. The molecule has 1 unspecified atom stereocenters. The first kappa shape index (κ1) is 26.2. The topological polar surface area (TPSA) is 35.5 Å². The number of benzene rings is 4. The monoisotopic (exact) mass is 869 g/mol. The van der Waals surface area contributed by atoms with E-state index in [1.54, 1.807) is 0 Å². The smallest absolute Gasteiger partial charge is 0.349 e. The van der Waals surface area contributed by atoms with Gasteiger partial charge in [0.25, 0.3) is 0 Å². The second kappa shape index (κ2) is 12.4. The summed E-state index contributed by atoms with van der Waals surface area (Å²) < 4.78 is 15.2. The van der Waals surface area contributed by atoms with Crippen LogP contribution in [0.4, 0.5) is 0 Å². The standard InChI is InChI=1S/C26H17BrI3O3S/c27-17-6-10-21(11-7-17)34(20-4-2-1-3-5-20)22-12-8-19(9-13-22)32-16-25(31)33-26-23(29)14-18(28)15-24(26)30/h1-15H,16H2/q+1. The number of carbonyl (C=O) groups is 1. The average Bonchev–Trinajstić information content (AvgIpc) is 2.83. The first-order valence-corrected chi connectivity index (χ1v) is 15.3. The van der Waals surface area contributed by atoms with Crippen molar-refractivity contribution in [2.45, 2.75) is 14.7 Å². The molecule has 3 nitrogen and oxygen atoms in total. The van der Waals surface area contributed by atoms with Crippen LogP contribution in [0.5, 0.6) is 11.5 Å². The van der Waals surface area contributed by atoms with E-state index in [1.807, 2.05) is 30.3 Å². The van der Waals surface area contributed by atoms with E-state index in [0.717, 1.165) is 15.2 Å². The van der Waals surface area contributed by atoms with Crippen molar-refractivity contribution in [2.75, 3.05) is 6.61 Å². The third-order valence-electron chi connectivity index (χ3n) is 4.62. The van der Waals surface area contributed by atoms with Crippen molar-refractivity contribution in [1.29, 1.82) is 0 Å². The maximum absolute atomic E-state index is 12.4. The lowest BCUT2D eigenvalue weighted by atomic mass is 10.3. The summed E-state index contributed by atoms with van der Waals surface area (Å²) in [4.78, 5) is 16.0. The fourth-order valence-electron chi connectivity index (χ4n) is 3.12. The molecule has 0 aliphatic heterocycles. The Balaban J connectivity index is 1.47. The zero-order valence-electron chi connectivity index (χ0n) is 17.5. The predicted octanol–water partition coefficient (Wildman–Crippen LogP) is 8.34. The fraction of sp³-hybridized carbons (Fsp3) is 0.0385. The van der Waals surface area contributed by atoms with Gasteiger partial charge in [-0.15, -0.1) is 0 Å². The molecular formula is C26H17BrI3O3S+. The highest BCUT2D eigenvalue weighted by Crippen LogP contribution is 2.33. The van der Waals surface area contributed by atoms with Gasteiger partial charge in [0.05, 0.1) is 18.0 Å². The molecule has 0 aliphatic carbocycles. The SMILES string of the molecule is O=C(COc1ccc([S+](c2ccccc2)c2ccc(Br)cc2)cc1)Oc1c(I)cc(I)cc1I. The summed E-state index contributed by atoms with van der Waals surface area (Å²) in [7, 11) is -0.248. The number of esters is 1. The molecule has 172 valence electrons. The zero-order chi connectivity index (χ0) is 24.1. The first-order chi connectivity index (χ1) is 16.4. The van der Waals surface area contributed by atoms with Crippen molar-refractivity contribution >= 4 is 101 Å². The highest BCUT2D eigenvalue weighted by Gasteiger charge is 2.28. The lowest BCUT2D eigenvalue weighted by Crippen LogP contribution is -2.18. The summed E-state index contributed by atoms with van der Waals surface area (Å²) in [6.07, 6.45) is 0. The van der Waals surface area contributed by atoms with E-state index in [2.05, 4.69) is 144 Å². The Morgan fingerprint density at radius 3 is 1.88 bits per heavy atom. The van der Waals surface area contributed by atoms with Crippen molar-refractivity contribution in [3.8, 4) is 11.5 Å². The van der Waals surface area contributed by atoms with Gasteiger partial charge in [-0.3, -0.25) is 0 Å². The van der Waals surface area contributed by atoms with E-state index in [0.29, 0.717) is 11.5 Å². The van der Waals surface area contributed by atoms with Crippen molar-refractivity contribution < 1.29 is 14.3 Å². The van der Waals surface area contributed by atoms with E-state index < -0.39 is 5.97 Å². The molecule has 8 heteroatoms. The summed E-state index contributed by atoms with van der Waals surface area (Å²) >= 11 is 10.1. The number of hydrogen-bond acceptors (Lipinski definition) is 3. The highest BCUT2D eigenvalue weighted by molar-refractivity contribution is 14.1. The van der Waals surface area contributed by atoms with Crippen LogP contribution in [0.3, 0.4) is 0 Å². The predicted molar refractivity (Wildman–Crippen MR) is 165 cm³/mol. The van der Waals surface area contributed by atoms with Gasteiger partial charge in [-0.05, 0) is 141 Å². The number of hydrogen-bond donors (Lipinski definition) is 0. The second-order valence-electron chi connectivity index (χ2n) is 7.01. The summed E-state index contributed by atoms with van der Waals surface area (Å²) in [5.41, 5.74) is 0.